The van der Waals surface area contributed by atoms with Crippen molar-refractivity contribution in [2.24, 2.45) is 0 Å². The fourth-order valence-corrected chi connectivity index (χ4v) is 3.25. The minimum atomic E-state index is 0.781. The van der Waals surface area contributed by atoms with Crippen LogP contribution in [0.2, 0.25) is 0 Å². The van der Waals surface area contributed by atoms with Crippen LogP contribution < -0.4 is 5.32 Å². The van der Waals surface area contributed by atoms with E-state index < -0.39 is 0 Å². The van der Waals surface area contributed by atoms with Crippen molar-refractivity contribution >= 4 is 33.4 Å². The Morgan fingerprint density at radius 1 is 0.852 bits per heavy atom. The molecule has 0 bridgehead atoms. The number of hydrogen-bond donors (Lipinski definition) is 2. The lowest BCUT2D eigenvalue weighted by molar-refractivity contribution is 1.22. The second kappa shape index (κ2) is 6.21. The van der Waals surface area contributed by atoms with E-state index >= 15 is 0 Å². The zero-order valence-corrected chi connectivity index (χ0v) is 14.8. The van der Waals surface area contributed by atoms with Crippen LogP contribution in [0.25, 0.3) is 33.3 Å². The molecule has 0 spiro atoms. The van der Waals surface area contributed by atoms with Gasteiger partial charge in [0.05, 0.1) is 16.6 Å². The zero-order chi connectivity index (χ0) is 18.2. The molecule has 2 N–H and O–H groups in total. The van der Waals surface area contributed by atoms with E-state index in [1.54, 1.807) is 6.33 Å². The number of aromatic nitrogens is 4. The van der Waals surface area contributed by atoms with Gasteiger partial charge in [0, 0.05) is 16.6 Å². The van der Waals surface area contributed by atoms with Crippen molar-refractivity contribution in [3.05, 3.63) is 78.6 Å². The van der Waals surface area contributed by atoms with E-state index in [-0.39, 0.29) is 0 Å². The van der Waals surface area contributed by atoms with Gasteiger partial charge in [0.25, 0.3) is 0 Å². The molecule has 0 fully saturated rings. The van der Waals surface area contributed by atoms with Crippen LogP contribution >= 0.6 is 0 Å². The Morgan fingerprint density at radius 3 is 2.67 bits per heavy atom. The van der Waals surface area contributed by atoms with Crippen molar-refractivity contribution in [3.8, 4) is 11.4 Å². The molecule has 0 atom stereocenters. The molecule has 0 aliphatic rings. The summed E-state index contributed by atoms with van der Waals surface area (Å²) in [7, 11) is 0. The largest absolute Gasteiger partial charge is 0.340 e. The maximum absolute atomic E-state index is 4.70. The fraction of sp³-hybridized carbons (Fsp3) is 0.0455. The van der Waals surface area contributed by atoms with Crippen LogP contribution in [0.4, 0.5) is 11.5 Å². The molecule has 2 aromatic heterocycles. The number of H-pyrrole nitrogens is 1. The minimum Gasteiger partial charge on any atom is -0.340 e. The van der Waals surface area contributed by atoms with Crippen molar-refractivity contribution in [1.29, 1.82) is 0 Å². The number of benzene rings is 3. The first-order chi connectivity index (χ1) is 13.3. The molecule has 2 heterocycles. The van der Waals surface area contributed by atoms with Gasteiger partial charge in [-0.3, -0.25) is 0 Å². The molecule has 5 aromatic rings. The molecule has 5 nitrogen and oxygen atoms in total. The summed E-state index contributed by atoms with van der Waals surface area (Å²) in [5.74, 6) is 1.62. The van der Waals surface area contributed by atoms with E-state index in [4.69, 9.17) is 4.98 Å². The van der Waals surface area contributed by atoms with Crippen LogP contribution in [0.1, 0.15) is 5.56 Å². The summed E-state index contributed by atoms with van der Waals surface area (Å²) in [5, 5.41) is 4.37. The number of rotatable bonds is 3. The Hall–Kier alpha value is -3.73. The molecule has 0 amide bonds. The van der Waals surface area contributed by atoms with E-state index in [1.807, 2.05) is 48.5 Å². The molecule has 0 radical (unpaired) electrons. The first kappa shape index (κ1) is 15.5. The number of imidazole rings is 1. The molecule has 0 aliphatic carbocycles. The van der Waals surface area contributed by atoms with Gasteiger partial charge in [0.2, 0.25) is 0 Å². The van der Waals surface area contributed by atoms with Gasteiger partial charge < -0.3 is 10.3 Å². The Morgan fingerprint density at radius 2 is 1.78 bits per heavy atom. The van der Waals surface area contributed by atoms with Gasteiger partial charge in [-0.05, 0) is 55.0 Å². The predicted octanol–water partition coefficient (Wildman–Crippen LogP) is 5.23. The van der Waals surface area contributed by atoms with Crippen LogP contribution in [0.15, 0.2) is 73.1 Å². The van der Waals surface area contributed by atoms with E-state index in [0.717, 1.165) is 44.8 Å². The smallest absolute Gasteiger partial charge is 0.141 e. The van der Waals surface area contributed by atoms with Crippen molar-refractivity contribution in [1.82, 2.24) is 19.9 Å². The lowest BCUT2D eigenvalue weighted by atomic mass is 10.1. The van der Waals surface area contributed by atoms with E-state index in [9.17, 15) is 0 Å². The highest BCUT2D eigenvalue weighted by Crippen LogP contribution is 2.28. The monoisotopic (exact) mass is 351 g/mol. The number of aryl methyl sites for hydroxylation is 1. The van der Waals surface area contributed by atoms with Crippen LogP contribution in [-0.2, 0) is 0 Å². The lowest BCUT2D eigenvalue weighted by Crippen LogP contribution is -1.96. The Labute approximate surface area is 156 Å². The fourth-order valence-electron chi connectivity index (χ4n) is 3.25. The quantitative estimate of drug-likeness (QED) is 0.467. The third-order valence-corrected chi connectivity index (χ3v) is 4.58. The molecule has 3 aromatic carbocycles. The Kier molecular flexibility index (Phi) is 3.57. The minimum absolute atomic E-state index is 0.781. The Bertz CT molecular complexity index is 1240. The average Bonchev–Trinajstić information content (AvgIpc) is 3.12. The normalized spacial score (nSPS) is 11.1. The summed E-state index contributed by atoms with van der Waals surface area (Å²) in [6.07, 6.45) is 1.58. The molecule has 0 saturated carbocycles. The summed E-state index contributed by atoms with van der Waals surface area (Å²) in [4.78, 5) is 16.9. The predicted molar refractivity (Wildman–Crippen MR) is 109 cm³/mol. The highest BCUT2D eigenvalue weighted by atomic mass is 15.0. The summed E-state index contributed by atoms with van der Waals surface area (Å²) in [5.41, 5.74) is 6.07. The first-order valence-corrected chi connectivity index (χ1v) is 8.80. The summed E-state index contributed by atoms with van der Waals surface area (Å²) in [6, 6.07) is 22.4. The topological polar surface area (TPSA) is 66.5 Å². The molecule has 0 aliphatic heterocycles. The van der Waals surface area contributed by atoms with Crippen LogP contribution in [-0.4, -0.2) is 19.9 Å². The van der Waals surface area contributed by atoms with Crippen molar-refractivity contribution < 1.29 is 0 Å². The van der Waals surface area contributed by atoms with E-state index in [0.29, 0.717) is 0 Å². The third-order valence-electron chi connectivity index (χ3n) is 4.58. The standard InChI is InChI=1S/C22H17N5/c1-14-5-4-6-16(11-14)25-22-17-12-15(9-10-18(17)23-13-24-22)21-26-19-7-2-3-8-20(19)27-21/h2-13H,1H3,(H,26,27)(H,23,24,25). The molecule has 27 heavy (non-hydrogen) atoms. The van der Waals surface area contributed by atoms with Crippen LogP contribution in [0.5, 0.6) is 0 Å². The maximum Gasteiger partial charge on any atom is 0.141 e. The van der Waals surface area contributed by atoms with Gasteiger partial charge in [-0.25, -0.2) is 15.0 Å². The van der Waals surface area contributed by atoms with Gasteiger partial charge in [-0.2, -0.15) is 0 Å². The van der Waals surface area contributed by atoms with Gasteiger partial charge in [-0.1, -0.05) is 24.3 Å². The maximum atomic E-state index is 4.70. The number of para-hydroxylation sites is 2. The second-order valence-electron chi connectivity index (χ2n) is 6.55. The SMILES string of the molecule is Cc1cccc(Nc2ncnc3ccc(-c4nc5ccccc5[nH]4)cc23)c1. The third kappa shape index (κ3) is 2.89. The molecule has 0 saturated heterocycles. The van der Waals surface area contributed by atoms with Gasteiger partial charge in [-0.15, -0.1) is 0 Å². The second-order valence-corrected chi connectivity index (χ2v) is 6.55. The molecular formula is C22H17N5. The number of hydrogen-bond acceptors (Lipinski definition) is 4. The van der Waals surface area contributed by atoms with Crippen LogP contribution in [0, 0.1) is 6.92 Å². The summed E-state index contributed by atoms with van der Waals surface area (Å²) < 4.78 is 0. The number of fused-ring (bicyclic) bond motifs is 2. The average molecular weight is 351 g/mol. The summed E-state index contributed by atoms with van der Waals surface area (Å²) >= 11 is 0. The Balaban J connectivity index is 1.61. The summed E-state index contributed by atoms with van der Waals surface area (Å²) in [6.45, 7) is 2.07. The van der Waals surface area contributed by atoms with Gasteiger partial charge in [0.15, 0.2) is 0 Å². The van der Waals surface area contributed by atoms with Crippen molar-refractivity contribution in [2.75, 3.05) is 5.32 Å². The highest BCUT2D eigenvalue weighted by molar-refractivity contribution is 5.94. The molecular weight excluding hydrogens is 334 g/mol. The number of anilines is 2. The van der Waals surface area contributed by atoms with Gasteiger partial charge >= 0.3 is 0 Å². The zero-order valence-electron chi connectivity index (χ0n) is 14.8. The highest BCUT2D eigenvalue weighted by Gasteiger charge is 2.09. The molecule has 130 valence electrons. The van der Waals surface area contributed by atoms with Gasteiger partial charge in [0.1, 0.15) is 18.0 Å². The number of nitrogens with one attached hydrogen (secondary N) is 2. The van der Waals surface area contributed by atoms with Crippen LogP contribution in [0.3, 0.4) is 0 Å². The lowest BCUT2D eigenvalue weighted by Gasteiger charge is -2.09. The molecule has 5 rings (SSSR count). The first-order valence-electron chi connectivity index (χ1n) is 8.80. The number of nitrogens with zero attached hydrogens (tertiary/aromatic N) is 3. The molecule has 0 unspecified atom stereocenters. The number of aromatic amines is 1. The van der Waals surface area contributed by atoms with Crippen molar-refractivity contribution in [2.45, 2.75) is 6.92 Å². The molecule has 5 heteroatoms. The van der Waals surface area contributed by atoms with E-state index in [2.05, 4.69) is 45.4 Å². The van der Waals surface area contributed by atoms with E-state index in [1.165, 1.54) is 5.56 Å². The van der Waals surface area contributed by atoms with Crippen molar-refractivity contribution in [3.63, 3.8) is 0 Å².